The van der Waals surface area contributed by atoms with Crippen molar-refractivity contribution in [2.75, 3.05) is 0 Å². The molecule has 0 bridgehead atoms. The Labute approximate surface area is 94.0 Å². The first kappa shape index (κ1) is 12.0. The molecule has 0 aliphatic carbocycles. The van der Waals surface area contributed by atoms with Crippen molar-refractivity contribution in [1.29, 1.82) is 0 Å². The third-order valence-electron chi connectivity index (χ3n) is 2.66. The van der Waals surface area contributed by atoms with Crippen LogP contribution in [0, 0.1) is 12.8 Å². The van der Waals surface area contributed by atoms with Crippen LogP contribution in [0.25, 0.3) is 0 Å². The monoisotopic (exact) mass is 202 g/mol. The summed E-state index contributed by atoms with van der Waals surface area (Å²) in [5, 5.41) is 0. The van der Waals surface area contributed by atoms with E-state index in [0.29, 0.717) is 11.8 Å². The smallest absolute Gasteiger partial charge is 0.0156 e. The Hall–Kier alpha value is -1.04. The lowest BCUT2D eigenvalue weighted by molar-refractivity contribution is 0.762. The highest BCUT2D eigenvalue weighted by atomic mass is 14.1. The second-order valence-corrected chi connectivity index (χ2v) is 4.72. The molecule has 0 spiro atoms. The van der Waals surface area contributed by atoms with Crippen molar-refractivity contribution < 1.29 is 0 Å². The van der Waals surface area contributed by atoms with Gasteiger partial charge in [0.05, 0.1) is 0 Å². The zero-order chi connectivity index (χ0) is 11.3. The largest absolute Gasteiger partial charge is 0.0877 e. The van der Waals surface area contributed by atoms with Crippen LogP contribution in [0.2, 0.25) is 0 Å². The molecule has 1 rings (SSSR count). The van der Waals surface area contributed by atoms with E-state index in [1.807, 2.05) is 0 Å². The SMILES string of the molecule is Cc1ccc(C(C)C/C=C\C(C)C)cc1. The quantitative estimate of drug-likeness (QED) is 0.621. The van der Waals surface area contributed by atoms with Crippen molar-refractivity contribution >= 4 is 0 Å². The fraction of sp³-hybridized carbons (Fsp3) is 0.467. The summed E-state index contributed by atoms with van der Waals surface area (Å²) in [5.41, 5.74) is 2.78. The molecule has 0 radical (unpaired) electrons. The van der Waals surface area contributed by atoms with Crippen LogP contribution < -0.4 is 0 Å². The number of hydrogen-bond donors (Lipinski definition) is 0. The molecule has 0 heterocycles. The van der Waals surface area contributed by atoms with Gasteiger partial charge in [-0.1, -0.05) is 62.8 Å². The maximum Gasteiger partial charge on any atom is -0.0156 e. The van der Waals surface area contributed by atoms with Crippen LogP contribution in [-0.2, 0) is 0 Å². The number of hydrogen-bond acceptors (Lipinski definition) is 0. The Bertz CT molecular complexity index is 303. The summed E-state index contributed by atoms with van der Waals surface area (Å²) in [6.45, 7) is 8.85. The van der Waals surface area contributed by atoms with E-state index in [-0.39, 0.29) is 0 Å². The van der Waals surface area contributed by atoms with Crippen molar-refractivity contribution in [2.24, 2.45) is 5.92 Å². The standard InChI is InChI=1S/C15H22/c1-12(2)6-5-7-14(4)15-10-8-13(3)9-11-15/h5-6,8-12,14H,7H2,1-4H3/b6-5-. The molecule has 0 saturated heterocycles. The van der Waals surface area contributed by atoms with Crippen molar-refractivity contribution in [3.05, 3.63) is 47.5 Å². The zero-order valence-electron chi connectivity index (χ0n) is 10.3. The summed E-state index contributed by atoms with van der Waals surface area (Å²) in [6, 6.07) is 8.86. The maximum atomic E-state index is 2.30. The first-order valence-corrected chi connectivity index (χ1v) is 5.83. The molecule has 0 amide bonds. The molecule has 0 nitrogen and oxygen atoms in total. The third-order valence-corrected chi connectivity index (χ3v) is 2.66. The van der Waals surface area contributed by atoms with E-state index in [9.17, 15) is 0 Å². The Balaban J connectivity index is 2.53. The van der Waals surface area contributed by atoms with Gasteiger partial charge in [-0.05, 0) is 30.7 Å². The Morgan fingerprint density at radius 2 is 1.67 bits per heavy atom. The lowest BCUT2D eigenvalue weighted by atomic mass is 9.96. The third kappa shape index (κ3) is 4.33. The molecule has 0 aliphatic heterocycles. The van der Waals surface area contributed by atoms with E-state index < -0.39 is 0 Å². The van der Waals surface area contributed by atoms with Crippen molar-refractivity contribution in [1.82, 2.24) is 0 Å². The minimum Gasteiger partial charge on any atom is -0.0877 e. The van der Waals surface area contributed by atoms with Crippen LogP contribution in [-0.4, -0.2) is 0 Å². The molecule has 1 atom stereocenters. The fourth-order valence-corrected chi connectivity index (χ4v) is 1.59. The Morgan fingerprint density at radius 1 is 1.07 bits per heavy atom. The number of allylic oxidation sites excluding steroid dienone is 2. The molecule has 1 aromatic carbocycles. The predicted octanol–water partition coefficient (Wildman–Crippen LogP) is 4.70. The molecule has 15 heavy (non-hydrogen) atoms. The summed E-state index contributed by atoms with van der Waals surface area (Å²) < 4.78 is 0. The lowest BCUT2D eigenvalue weighted by Crippen LogP contribution is -1.91. The molecule has 82 valence electrons. The van der Waals surface area contributed by atoms with Crippen molar-refractivity contribution in [2.45, 2.75) is 40.0 Å². The van der Waals surface area contributed by atoms with Crippen LogP contribution in [0.5, 0.6) is 0 Å². The van der Waals surface area contributed by atoms with Gasteiger partial charge in [0.15, 0.2) is 0 Å². The Kier molecular flexibility index (Phi) is 4.61. The van der Waals surface area contributed by atoms with Crippen LogP contribution in [0.1, 0.15) is 44.2 Å². The van der Waals surface area contributed by atoms with E-state index in [4.69, 9.17) is 0 Å². The second kappa shape index (κ2) is 5.75. The topological polar surface area (TPSA) is 0 Å². The summed E-state index contributed by atoms with van der Waals surface area (Å²) in [6.07, 6.45) is 5.72. The zero-order valence-corrected chi connectivity index (χ0v) is 10.3. The summed E-state index contributed by atoms with van der Waals surface area (Å²) in [5.74, 6) is 1.29. The van der Waals surface area contributed by atoms with Crippen molar-refractivity contribution in [3.8, 4) is 0 Å². The summed E-state index contributed by atoms with van der Waals surface area (Å²) >= 11 is 0. The first-order chi connectivity index (χ1) is 7.09. The van der Waals surface area contributed by atoms with E-state index in [1.165, 1.54) is 11.1 Å². The first-order valence-electron chi connectivity index (χ1n) is 5.83. The minimum absolute atomic E-state index is 0.626. The van der Waals surface area contributed by atoms with Crippen molar-refractivity contribution in [3.63, 3.8) is 0 Å². The molecule has 1 aromatic rings. The molecule has 1 unspecified atom stereocenters. The van der Waals surface area contributed by atoms with E-state index in [2.05, 4.69) is 64.1 Å². The highest BCUT2D eigenvalue weighted by Gasteiger charge is 2.02. The van der Waals surface area contributed by atoms with Crippen LogP contribution in [0.15, 0.2) is 36.4 Å². The summed E-state index contributed by atoms with van der Waals surface area (Å²) in [7, 11) is 0. The lowest BCUT2D eigenvalue weighted by Gasteiger charge is -2.09. The van der Waals surface area contributed by atoms with Gasteiger partial charge in [-0.15, -0.1) is 0 Å². The molecular weight excluding hydrogens is 180 g/mol. The molecule has 0 aliphatic rings. The van der Waals surface area contributed by atoms with Gasteiger partial charge in [0, 0.05) is 0 Å². The molecule has 0 saturated carbocycles. The molecule has 0 fully saturated rings. The van der Waals surface area contributed by atoms with E-state index >= 15 is 0 Å². The van der Waals surface area contributed by atoms with E-state index in [1.54, 1.807) is 0 Å². The maximum absolute atomic E-state index is 2.30. The van der Waals surface area contributed by atoms with Gasteiger partial charge in [0.25, 0.3) is 0 Å². The Morgan fingerprint density at radius 3 is 2.20 bits per heavy atom. The van der Waals surface area contributed by atoms with Gasteiger partial charge in [0.2, 0.25) is 0 Å². The van der Waals surface area contributed by atoms with Crippen LogP contribution in [0.4, 0.5) is 0 Å². The van der Waals surface area contributed by atoms with Gasteiger partial charge in [-0.2, -0.15) is 0 Å². The fourth-order valence-electron chi connectivity index (χ4n) is 1.59. The van der Waals surface area contributed by atoms with Gasteiger partial charge >= 0.3 is 0 Å². The molecule has 0 heteroatoms. The molecule has 0 N–H and O–H groups in total. The van der Waals surface area contributed by atoms with Gasteiger partial charge in [-0.25, -0.2) is 0 Å². The second-order valence-electron chi connectivity index (χ2n) is 4.72. The van der Waals surface area contributed by atoms with Crippen LogP contribution >= 0.6 is 0 Å². The molecule has 0 aromatic heterocycles. The van der Waals surface area contributed by atoms with Gasteiger partial charge in [0.1, 0.15) is 0 Å². The average molecular weight is 202 g/mol. The molecular formula is C15H22. The average Bonchev–Trinajstić information content (AvgIpc) is 2.18. The van der Waals surface area contributed by atoms with Crippen LogP contribution in [0.3, 0.4) is 0 Å². The normalized spacial score (nSPS) is 13.7. The minimum atomic E-state index is 0.626. The highest BCUT2D eigenvalue weighted by Crippen LogP contribution is 2.19. The highest BCUT2D eigenvalue weighted by molar-refractivity contribution is 5.24. The van der Waals surface area contributed by atoms with E-state index in [0.717, 1.165) is 6.42 Å². The van der Waals surface area contributed by atoms with Gasteiger partial charge < -0.3 is 0 Å². The number of aryl methyl sites for hydroxylation is 1. The number of benzene rings is 1. The van der Waals surface area contributed by atoms with Gasteiger partial charge in [-0.3, -0.25) is 0 Å². The summed E-state index contributed by atoms with van der Waals surface area (Å²) in [4.78, 5) is 0. The number of rotatable bonds is 4. The predicted molar refractivity (Wildman–Crippen MR) is 68.2 cm³/mol.